The van der Waals surface area contributed by atoms with Gasteiger partial charge in [0.05, 0.1) is 23.5 Å². The van der Waals surface area contributed by atoms with E-state index in [1.807, 2.05) is 84.3 Å². The molecule has 0 radical (unpaired) electrons. The molecule has 0 saturated heterocycles. The molecular weight excluding hydrogens is 466 g/mol. The molecule has 2 N–H and O–H groups in total. The van der Waals surface area contributed by atoms with E-state index in [9.17, 15) is 9.90 Å². The summed E-state index contributed by atoms with van der Waals surface area (Å²) in [6.07, 6.45) is 1.90. The molecule has 6 aromatic rings. The summed E-state index contributed by atoms with van der Waals surface area (Å²) in [5.74, 6) is 1.08. The van der Waals surface area contributed by atoms with Crippen LogP contribution in [0.25, 0.3) is 38.6 Å². The zero-order valence-corrected chi connectivity index (χ0v) is 20.3. The van der Waals surface area contributed by atoms with Crippen molar-refractivity contribution in [3.8, 4) is 22.9 Å². The summed E-state index contributed by atoms with van der Waals surface area (Å²) in [5, 5.41) is 12.5. The summed E-state index contributed by atoms with van der Waals surface area (Å²) >= 11 is 0. The van der Waals surface area contributed by atoms with Gasteiger partial charge < -0.3 is 19.6 Å². The average Bonchev–Trinajstić information content (AvgIpc) is 3.42. The van der Waals surface area contributed by atoms with Crippen LogP contribution in [0.5, 0.6) is 11.6 Å². The Balaban J connectivity index is 1.33. The van der Waals surface area contributed by atoms with Crippen LogP contribution < -0.4 is 9.47 Å². The van der Waals surface area contributed by atoms with Crippen molar-refractivity contribution in [3.63, 3.8) is 0 Å². The lowest BCUT2D eigenvalue weighted by atomic mass is 10.0. The van der Waals surface area contributed by atoms with E-state index in [0.29, 0.717) is 19.4 Å². The monoisotopic (exact) mass is 491 g/mol. The number of pyridine rings is 1. The second-order valence-corrected chi connectivity index (χ2v) is 8.93. The normalized spacial score (nSPS) is 11.4. The summed E-state index contributed by atoms with van der Waals surface area (Å²) in [6.45, 7) is 2.46. The number of benzene rings is 3. The number of aromatic nitrogens is 3. The Bertz CT molecular complexity index is 1760. The van der Waals surface area contributed by atoms with Gasteiger partial charge in [-0.1, -0.05) is 60.7 Å². The molecule has 0 atom stereocenters. The predicted octanol–water partition coefficient (Wildman–Crippen LogP) is 7.01. The number of hydrogen-bond donors (Lipinski definition) is 2. The molecule has 37 heavy (non-hydrogen) atoms. The molecular formula is C30H25N3O4. The SMILES string of the molecule is Cc1nc2ccccn2c1-c1cccc2c(CCCOc3cccc4ccccc34)c(OC(=O)O)[nH]c12. The third-order valence-electron chi connectivity index (χ3n) is 6.63. The van der Waals surface area contributed by atoms with Gasteiger partial charge in [0.1, 0.15) is 11.4 Å². The molecule has 184 valence electrons. The fourth-order valence-corrected chi connectivity index (χ4v) is 5.06. The van der Waals surface area contributed by atoms with Gasteiger partial charge in [-0.05, 0) is 43.4 Å². The van der Waals surface area contributed by atoms with E-state index in [2.05, 4.69) is 17.1 Å². The van der Waals surface area contributed by atoms with Crippen LogP contribution in [0, 0.1) is 6.92 Å². The van der Waals surface area contributed by atoms with E-state index < -0.39 is 6.16 Å². The average molecular weight is 492 g/mol. The minimum Gasteiger partial charge on any atom is -0.493 e. The van der Waals surface area contributed by atoms with Crippen molar-refractivity contribution in [1.29, 1.82) is 0 Å². The first-order chi connectivity index (χ1) is 18.1. The number of nitrogens with zero attached hydrogens (tertiary/aromatic N) is 2. The number of imidazole rings is 1. The van der Waals surface area contributed by atoms with E-state index in [4.69, 9.17) is 14.5 Å². The Kier molecular flexibility index (Phi) is 5.73. The van der Waals surface area contributed by atoms with Crippen molar-refractivity contribution in [3.05, 3.63) is 96.3 Å². The molecule has 6 rings (SSSR count). The molecule has 0 unspecified atom stereocenters. The first kappa shape index (κ1) is 22.7. The zero-order chi connectivity index (χ0) is 25.4. The molecule has 3 aromatic carbocycles. The number of fused-ring (bicyclic) bond motifs is 3. The van der Waals surface area contributed by atoms with Gasteiger partial charge in [0, 0.05) is 28.1 Å². The third-order valence-corrected chi connectivity index (χ3v) is 6.63. The maximum absolute atomic E-state index is 11.5. The van der Waals surface area contributed by atoms with Crippen LogP contribution in [-0.2, 0) is 6.42 Å². The zero-order valence-electron chi connectivity index (χ0n) is 20.3. The number of carboxylic acid groups (broad SMARTS) is 1. The number of aryl methyl sites for hydroxylation is 2. The van der Waals surface area contributed by atoms with Gasteiger partial charge in [-0.2, -0.15) is 0 Å². The topological polar surface area (TPSA) is 88.8 Å². The molecule has 0 spiro atoms. The van der Waals surface area contributed by atoms with Crippen molar-refractivity contribution in [2.24, 2.45) is 0 Å². The molecule has 0 aliphatic carbocycles. The van der Waals surface area contributed by atoms with Crippen LogP contribution in [-0.4, -0.2) is 32.2 Å². The summed E-state index contributed by atoms with van der Waals surface area (Å²) in [5.41, 5.74) is 5.26. The molecule has 3 aromatic heterocycles. The highest BCUT2D eigenvalue weighted by atomic mass is 16.7. The van der Waals surface area contributed by atoms with E-state index in [0.717, 1.165) is 55.6 Å². The Hall–Kier alpha value is -4.78. The van der Waals surface area contributed by atoms with Crippen molar-refractivity contribution in [2.75, 3.05) is 6.61 Å². The lowest BCUT2D eigenvalue weighted by Crippen LogP contribution is -2.06. The number of H-pyrrole nitrogens is 1. The highest BCUT2D eigenvalue weighted by Gasteiger charge is 2.20. The van der Waals surface area contributed by atoms with Crippen molar-refractivity contribution >= 4 is 33.5 Å². The first-order valence-electron chi connectivity index (χ1n) is 12.2. The fourth-order valence-electron chi connectivity index (χ4n) is 5.06. The van der Waals surface area contributed by atoms with Crippen LogP contribution >= 0.6 is 0 Å². The van der Waals surface area contributed by atoms with Gasteiger partial charge in [-0.3, -0.25) is 4.40 Å². The Morgan fingerprint density at radius 1 is 0.973 bits per heavy atom. The van der Waals surface area contributed by atoms with Gasteiger partial charge in [0.2, 0.25) is 5.88 Å². The minimum absolute atomic E-state index is 0.242. The summed E-state index contributed by atoms with van der Waals surface area (Å²) in [4.78, 5) is 19.4. The molecule has 7 nitrogen and oxygen atoms in total. The number of rotatable bonds is 7. The van der Waals surface area contributed by atoms with Crippen molar-refractivity contribution in [2.45, 2.75) is 19.8 Å². The lowest BCUT2D eigenvalue weighted by Gasteiger charge is -2.10. The summed E-state index contributed by atoms with van der Waals surface area (Å²) in [7, 11) is 0. The smallest absolute Gasteiger partial charge is 0.493 e. The van der Waals surface area contributed by atoms with Crippen LogP contribution in [0.4, 0.5) is 4.79 Å². The van der Waals surface area contributed by atoms with E-state index >= 15 is 0 Å². The van der Waals surface area contributed by atoms with Gasteiger partial charge in [0.25, 0.3) is 0 Å². The first-order valence-corrected chi connectivity index (χ1v) is 12.2. The van der Waals surface area contributed by atoms with Crippen molar-refractivity contribution in [1.82, 2.24) is 14.4 Å². The van der Waals surface area contributed by atoms with Crippen LogP contribution in [0.15, 0.2) is 85.1 Å². The predicted molar refractivity (Wildman–Crippen MR) is 144 cm³/mol. The second kappa shape index (κ2) is 9.35. The number of nitrogens with one attached hydrogen (secondary N) is 1. The third kappa shape index (κ3) is 4.14. The molecule has 0 aliphatic heterocycles. The number of ether oxygens (including phenoxy) is 2. The molecule has 0 saturated carbocycles. The molecule has 0 bridgehead atoms. The van der Waals surface area contributed by atoms with E-state index in [1.54, 1.807) is 0 Å². The van der Waals surface area contributed by atoms with Gasteiger partial charge >= 0.3 is 6.16 Å². The standard InChI is InChI=1S/C30H25N3O4/c1-19-28(33-17-5-4-16-26(33)31-19)24-13-7-12-22-23(29(32-27(22)24)37-30(34)35)14-8-18-36-25-15-6-10-20-9-2-3-11-21(20)25/h2-7,9-13,15-17,32H,8,14,18H2,1H3,(H,34,35). The van der Waals surface area contributed by atoms with E-state index in [-0.39, 0.29) is 5.88 Å². The van der Waals surface area contributed by atoms with Gasteiger partial charge in [0.15, 0.2) is 0 Å². The van der Waals surface area contributed by atoms with Crippen molar-refractivity contribution < 1.29 is 19.4 Å². The minimum atomic E-state index is -1.35. The maximum Gasteiger partial charge on any atom is 0.512 e. The Morgan fingerprint density at radius 3 is 2.65 bits per heavy atom. The lowest BCUT2D eigenvalue weighted by molar-refractivity contribution is 0.142. The van der Waals surface area contributed by atoms with Gasteiger partial charge in [-0.25, -0.2) is 9.78 Å². The van der Waals surface area contributed by atoms with Crippen LogP contribution in [0.2, 0.25) is 0 Å². The van der Waals surface area contributed by atoms with E-state index in [1.165, 1.54) is 0 Å². The number of hydrogen-bond acceptors (Lipinski definition) is 4. The molecule has 7 heteroatoms. The molecule has 0 amide bonds. The van der Waals surface area contributed by atoms with Crippen LogP contribution in [0.1, 0.15) is 17.7 Å². The number of para-hydroxylation sites is 1. The Morgan fingerprint density at radius 2 is 1.76 bits per heavy atom. The second-order valence-electron chi connectivity index (χ2n) is 8.93. The largest absolute Gasteiger partial charge is 0.512 e. The molecule has 0 aliphatic rings. The fraction of sp³-hybridized carbons (Fsp3) is 0.133. The summed E-state index contributed by atoms with van der Waals surface area (Å²) < 4.78 is 13.4. The Labute approximate surface area is 212 Å². The van der Waals surface area contributed by atoms with Gasteiger partial charge in [-0.15, -0.1) is 0 Å². The number of carbonyl (C=O) groups is 1. The molecule has 3 heterocycles. The maximum atomic E-state index is 11.5. The molecule has 0 fully saturated rings. The highest BCUT2D eigenvalue weighted by molar-refractivity contribution is 5.98. The number of aromatic amines is 1. The summed E-state index contributed by atoms with van der Waals surface area (Å²) in [6, 6.07) is 26.0. The van der Waals surface area contributed by atoms with Crippen LogP contribution in [0.3, 0.4) is 0 Å². The highest BCUT2D eigenvalue weighted by Crippen LogP contribution is 2.37. The quantitative estimate of drug-likeness (QED) is 0.185.